The van der Waals surface area contributed by atoms with Crippen LogP contribution >= 0.6 is 0 Å². The summed E-state index contributed by atoms with van der Waals surface area (Å²) in [6.45, 7) is 9.46. The quantitative estimate of drug-likeness (QED) is 0.799. The molecule has 0 aliphatic rings. The maximum absolute atomic E-state index is 13.2. The summed E-state index contributed by atoms with van der Waals surface area (Å²) in [7, 11) is 0. The average molecular weight is 248 g/mol. The Morgan fingerprint density at radius 2 is 1.94 bits per heavy atom. The molecule has 0 aliphatic heterocycles. The van der Waals surface area contributed by atoms with Crippen LogP contribution in [0.2, 0.25) is 0 Å². The second-order valence-corrected chi connectivity index (χ2v) is 4.82. The maximum Gasteiger partial charge on any atom is 0.126 e. The van der Waals surface area contributed by atoms with Gasteiger partial charge in [-0.15, -0.1) is 0 Å². The average Bonchev–Trinajstić information content (AvgIpc) is 2.35. The lowest BCUT2D eigenvalue weighted by molar-refractivity contribution is 0.169. The Morgan fingerprint density at radius 1 is 1.33 bits per heavy atom. The minimum absolute atomic E-state index is 0.194. The van der Waals surface area contributed by atoms with E-state index in [1.165, 1.54) is 6.07 Å². The van der Waals surface area contributed by atoms with Crippen LogP contribution in [0.3, 0.4) is 0 Å². The molecule has 0 heterocycles. The molecule has 3 heteroatoms. The molecule has 1 rings (SSSR count). The van der Waals surface area contributed by atoms with E-state index in [-0.39, 0.29) is 5.82 Å². The summed E-state index contributed by atoms with van der Waals surface area (Å²) < 4.78 is 13.2. The summed E-state index contributed by atoms with van der Waals surface area (Å²) in [4.78, 5) is 2.13. The van der Waals surface area contributed by atoms with Gasteiger partial charge in [0.25, 0.3) is 0 Å². The highest BCUT2D eigenvalue weighted by molar-refractivity contribution is 5.27. The van der Waals surface area contributed by atoms with Crippen LogP contribution in [-0.2, 0) is 6.42 Å². The van der Waals surface area contributed by atoms with E-state index in [0.29, 0.717) is 12.0 Å². The molecular formula is C15H21FN2. The molecule has 0 radical (unpaired) electrons. The SMILES string of the molecule is CCN(CC)C(C)(C#N)Cc1ccc(F)c(C)c1. The number of nitrogens with zero attached hydrogens (tertiary/aromatic N) is 2. The summed E-state index contributed by atoms with van der Waals surface area (Å²) in [5, 5.41) is 9.44. The zero-order valence-corrected chi connectivity index (χ0v) is 11.6. The molecule has 0 amide bonds. The van der Waals surface area contributed by atoms with Crippen LogP contribution < -0.4 is 0 Å². The number of likely N-dealkylation sites (N-methyl/N-ethyl adjacent to an activating group) is 1. The number of aryl methyl sites for hydroxylation is 1. The van der Waals surface area contributed by atoms with E-state index in [1.807, 2.05) is 13.0 Å². The van der Waals surface area contributed by atoms with E-state index in [9.17, 15) is 9.65 Å². The Balaban J connectivity index is 2.98. The van der Waals surface area contributed by atoms with Crippen LogP contribution in [0.1, 0.15) is 31.9 Å². The Bertz CT molecular complexity index is 446. The fourth-order valence-electron chi connectivity index (χ4n) is 2.36. The molecule has 0 spiro atoms. The highest BCUT2D eigenvalue weighted by atomic mass is 19.1. The zero-order chi connectivity index (χ0) is 13.8. The van der Waals surface area contributed by atoms with E-state index in [2.05, 4.69) is 24.8 Å². The van der Waals surface area contributed by atoms with Crippen molar-refractivity contribution in [1.29, 1.82) is 5.26 Å². The molecule has 18 heavy (non-hydrogen) atoms. The molecule has 1 aromatic carbocycles. The van der Waals surface area contributed by atoms with E-state index in [4.69, 9.17) is 0 Å². The molecule has 0 aliphatic carbocycles. The number of halogens is 1. The molecular weight excluding hydrogens is 227 g/mol. The molecule has 0 N–H and O–H groups in total. The van der Waals surface area contributed by atoms with Crippen molar-refractivity contribution in [3.63, 3.8) is 0 Å². The van der Waals surface area contributed by atoms with Crippen LogP contribution in [0.25, 0.3) is 0 Å². The summed E-state index contributed by atoms with van der Waals surface area (Å²) in [5.74, 6) is -0.194. The Labute approximate surface area is 109 Å². The van der Waals surface area contributed by atoms with Crippen molar-refractivity contribution in [2.24, 2.45) is 0 Å². The standard InChI is InChI=1S/C15H21FN2/c1-5-18(6-2)15(4,11-17)10-13-7-8-14(16)12(3)9-13/h7-9H,5-6,10H2,1-4H3. The van der Waals surface area contributed by atoms with Crippen LogP contribution in [0, 0.1) is 24.1 Å². The largest absolute Gasteiger partial charge is 0.286 e. The van der Waals surface area contributed by atoms with Gasteiger partial charge in [0.15, 0.2) is 0 Å². The minimum Gasteiger partial charge on any atom is -0.286 e. The zero-order valence-electron chi connectivity index (χ0n) is 11.6. The summed E-state index contributed by atoms with van der Waals surface area (Å²) in [5.41, 5.74) is 1.10. The third-order valence-corrected chi connectivity index (χ3v) is 3.47. The molecule has 0 aromatic heterocycles. The van der Waals surface area contributed by atoms with Crippen LogP contribution in [0.15, 0.2) is 18.2 Å². The third-order valence-electron chi connectivity index (χ3n) is 3.47. The van der Waals surface area contributed by atoms with E-state index in [1.54, 1.807) is 13.0 Å². The van der Waals surface area contributed by atoms with Gasteiger partial charge in [-0.2, -0.15) is 5.26 Å². The molecule has 0 saturated heterocycles. The first-order valence-electron chi connectivity index (χ1n) is 6.38. The monoisotopic (exact) mass is 248 g/mol. The smallest absolute Gasteiger partial charge is 0.126 e. The van der Waals surface area contributed by atoms with Gasteiger partial charge in [-0.3, -0.25) is 4.90 Å². The van der Waals surface area contributed by atoms with Gasteiger partial charge < -0.3 is 0 Å². The lowest BCUT2D eigenvalue weighted by Gasteiger charge is -2.34. The van der Waals surface area contributed by atoms with Gasteiger partial charge in [0.2, 0.25) is 0 Å². The normalized spacial score (nSPS) is 14.3. The number of hydrogen-bond donors (Lipinski definition) is 0. The van der Waals surface area contributed by atoms with Crippen molar-refractivity contribution in [1.82, 2.24) is 4.90 Å². The van der Waals surface area contributed by atoms with Gasteiger partial charge in [-0.25, -0.2) is 4.39 Å². The summed E-state index contributed by atoms with van der Waals surface area (Å²) >= 11 is 0. The van der Waals surface area contributed by atoms with Gasteiger partial charge in [0.1, 0.15) is 11.4 Å². The van der Waals surface area contributed by atoms with Gasteiger partial charge in [0.05, 0.1) is 6.07 Å². The van der Waals surface area contributed by atoms with Gasteiger partial charge >= 0.3 is 0 Å². The topological polar surface area (TPSA) is 27.0 Å². The first kappa shape index (κ1) is 14.7. The maximum atomic E-state index is 13.2. The Morgan fingerprint density at radius 3 is 2.39 bits per heavy atom. The third kappa shape index (κ3) is 3.08. The fourth-order valence-corrected chi connectivity index (χ4v) is 2.36. The van der Waals surface area contributed by atoms with Crippen molar-refractivity contribution < 1.29 is 4.39 Å². The van der Waals surface area contributed by atoms with Crippen LogP contribution in [0.5, 0.6) is 0 Å². The van der Waals surface area contributed by atoms with E-state index in [0.717, 1.165) is 18.7 Å². The highest BCUT2D eigenvalue weighted by Gasteiger charge is 2.30. The second-order valence-electron chi connectivity index (χ2n) is 4.82. The number of hydrogen-bond acceptors (Lipinski definition) is 2. The Kier molecular flexibility index (Phi) is 4.86. The second kappa shape index (κ2) is 5.97. The number of nitriles is 1. The number of benzene rings is 1. The molecule has 98 valence electrons. The van der Waals surface area contributed by atoms with Crippen molar-refractivity contribution in [2.45, 2.75) is 39.7 Å². The summed E-state index contributed by atoms with van der Waals surface area (Å²) in [6.07, 6.45) is 0.617. The van der Waals surface area contributed by atoms with Gasteiger partial charge in [0, 0.05) is 6.42 Å². The van der Waals surface area contributed by atoms with Gasteiger partial charge in [-0.05, 0) is 44.1 Å². The lowest BCUT2D eigenvalue weighted by Crippen LogP contribution is -2.46. The van der Waals surface area contributed by atoms with Crippen molar-refractivity contribution in [3.8, 4) is 6.07 Å². The van der Waals surface area contributed by atoms with Crippen LogP contribution in [-0.4, -0.2) is 23.5 Å². The lowest BCUT2D eigenvalue weighted by atomic mass is 9.91. The highest BCUT2D eigenvalue weighted by Crippen LogP contribution is 2.21. The fraction of sp³-hybridized carbons (Fsp3) is 0.533. The molecule has 0 saturated carbocycles. The van der Waals surface area contributed by atoms with Crippen LogP contribution in [0.4, 0.5) is 4.39 Å². The summed E-state index contributed by atoms with van der Waals surface area (Å²) in [6, 6.07) is 7.47. The molecule has 1 aromatic rings. The predicted molar refractivity (Wildman–Crippen MR) is 71.8 cm³/mol. The molecule has 1 atom stereocenters. The van der Waals surface area contributed by atoms with Gasteiger partial charge in [-0.1, -0.05) is 26.0 Å². The van der Waals surface area contributed by atoms with Crippen molar-refractivity contribution >= 4 is 0 Å². The molecule has 1 unspecified atom stereocenters. The molecule has 0 bridgehead atoms. The van der Waals surface area contributed by atoms with Crippen molar-refractivity contribution in [3.05, 3.63) is 35.1 Å². The van der Waals surface area contributed by atoms with Crippen molar-refractivity contribution in [2.75, 3.05) is 13.1 Å². The molecule has 0 fully saturated rings. The minimum atomic E-state index is -0.534. The van der Waals surface area contributed by atoms with E-state index < -0.39 is 5.54 Å². The molecule has 2 nitrogen and oxygen atoms in total. The first-order valence-corrected chi connectivity index (χ1v) is 6.38. The number of rotatable bonds is 5. The predicted octanol–water partition coefficient (Wildman–Crippen LogP) is 3.30. The first-order chi connectivity index (χ1) is 8.46. The van der Waals surface area contributed by atoms with E-state index >= 15 is 0 Å². The Hall–Kier alpha value is -1.40.